The van der Waals surface area contributed by atoms with Crippen molar-refractivity contribution in [1.82, 2.24) is 19.4 Å². The number of rotatable bonds is 5. The molecule has 1 amide bonds. The first kappa shape index (κ1) is 19.0. The number of carbonyl (C=O) groups excluding carboxylic acids is 1. The highest BCUT2D eigenvalue weighted by Gasteiger charge is 2.44. The maximum Gasteiger partial charge on any atom is 0.225 e. The van der Waals surface area contributed by atoms with Gasteiger partial charge in [0.1, 0.15) is 15.7 Å². The van der Waals surface area contributed by atoms with Crippen molar-refractivity contribution in [3.63, 3.8) is 0 Å². The Balaban J connectivity index is 1.54. The van der Waals surface area contributed by atoms with Crippen LogP contribution in [0.1, 0.15) is 17.9 Å². The second-order valence-electron chi connectivity index (χ2n) is 7.23. The topological polar surface area (TPSA) is 51.0 Å². The van der Waals surface area contributed by atoms with Gasteiger partial charge in [-0.1, -0.05) is 35.9 Å². The molecule has 0 N–H and O–H groups in total. The van der Waals surface area contributed by atoms with Gasteiger partial charge in [-0.05, 0) is 41.8 Å². The van der Waals surface area contributed by atoms with Gasteiger partial charge in [0.25, 0.3) is 0 Å². The average Bonchev–Trinajstić information content (AvgIpc) is 3.41. The molecule has 0 bridgehead atoms. The van der Waals surface area contributed by atoms with E-state index in [1.807, 2.05) is 44.2 Å². The number of nitrogens with zero attached hydrogens (tertiary/aromatic N) is 4. The molecule has 2 atom stereocenters. The van der Waals surface area contributed by atoms with E-state index in [9.17, 15) is 4.79 Å². The van der Waals surface area contributed by atoms with E-state index in [2.05, 4.69) is 34.2 Å². The van der Waals surface area contributed by atoms with Gasteiger partial charge < -0.3 is 9.47 Å². The molecule has 144 valence electrons. The number of hydrogen-bond acceptors (Lipinski definition) is 4. The van der Waals surface area contributed by atoms with E-state index in [-0.39, 0.29) is 11.8 Å². The molecule has 2 aromatic heterocycles. The number of benzene rings is 1. The van der Waals surface area contributed by atoms with Crippen molar-refractivity contribution in [2.24, 2.45) is 13.0 Å². The third kappa shape index (κ3) is 3.80. The van der Waals surface area contributed by atoms with Crippen LogP contribution in [-0.2, 0) is 11.8 Å². The zero-order valence-corrected chi connectivity index (χ0v) is 17.5. The van der Waals surface area contributed by atoms with Crippen molar-refractivity contribution in [1.29, 1.82) is 0 Å². The highest BCUT2D eigenvalue weighted by atomic mass is 35.5. The lowest BCUT2D eigenvalue weighted by atomic mass is 10.0. The fourth-order valence-electron chi connectivity index (χ4n) is 3.32. The second kappa shape index (κ2) is 7.60. The first-order valence-corrected chi connectivity index (χ1v) is 10.3. The van der Waals surface area contributed by atoms with Crippen LogP contribution in [0.15, 0.2) is 59.0 Å². The Morgan fingerprint density at radius 1 is 1.18 bits per heavy atom. The molecule has 5 nitrogen and oxygen atoms in total. The standard InChI is InChI=1S/C21H21ClN4OS/c1-25(2)20(27)17-10-16(17)13-4-6-14(7-5-13)19-21(26(3)12-24-19)28-18-9-8-15(22)11-23-18/h4-9,11-12,16-17H,10H2,1-3H3/t16-,17+/m1/s1/i3-1. The smallest absolute Gasteiger partial charge is 0.225 e. The van der Waals surface area contributed by atoms with Crippen LogP contribution in [0, 0.1) is 5.92 Å². The fourth-order valence-corrected chi connectivity index (χ4v) is 4.32. The van der Waals surface area contributed by atoms with Crippen molar-refractivity contribution in [3.8, 4) is 11.3 Å². The number of imidazole rings is 1. The van der Waals surface area contributed by atoms with Crippen LogP contribution in [0.25, 0.3) is 11.3 Å². The normalized spacial score (nSPS) is 18.1. The van der Waals surface area contributed by atoms with E-state index < -0.39 is 0 Å². The Morgan fingerprint density at radius 3 is 2.57 bits per heavy atom. The van der Waals surface area contributed by atoms with Crippen molar-refractivity contribution >= 4 is 29.3 Å². The summed E-state index contributed by atoms with van der Waals surface area (Å²) in [4.78, 5) is 22.7. The van der Waals surface area contributed by atoms with Crippen molar-refractivity contribution < 1.29 is 4.79 Å². The van der Waals surface area contributed by atoms with Crippen molar-refractivity contribution in [2.75, 3.05) is 14.1 Å². The van der Waals surface area contributed by atoms with E-state index in [1.165, 1.54) is 5.56 Å². The van der Waals surface area contributed by atoms with Crippen LogP contribution >= 0.6 is 23.4 Å². The summed E-state index contributed by atoms with van der Waals surface area (Å²) in [7, 11) is 5.61. The van der Waals surface area contributed by atoms with Crippen molar-refractivity contribution in [3.05, 3.63) is 59.5 Å². The lowest BCUT2D eigenvalue weighted by molar-refractivity contribution is -0.130. The molecule has 1 aliphatic carbocycles. The van der Waals surface area contributed by atoms with Gasteiger partial charge in [0.2, 0.25) is 5.91 Å². The summed E-state index contributed by atoms with van der Waals surface area (Å²) in [6.45, 7) is 0. The molecular weight excluding hydrogens is 391 g/mol. The Labute approximate surface area is 173 Å². The molecule has 1 aliphatic rings. The Bertz CT molecular complexity index is 998. The summed E-state index contributed by atoms with van der Waals surface area (Å²) in [5.74, 6) is 0.672. The van der Waals surface area contributed by atoms with Gasteiger partial charge in [0, 0.05) is 38.8 Å². The van der Waals surface area contributed by atoms with Crippen LogP contribution in [0.5, 0.6) is 0 Å². The van der Waals surface area contributed by atoms with Gasteiger partial charge in [-0.2, -0.15) is 0 Å². The summed E-state index contributed by atoms with van der Waals surface area (Å²) < 4.78 is 2.00. The third-order valence-corrected chi connectivity index (χ3v) is 6.29. The molecule has 0 radical (unpaired) electrons. The summed E-state index contributed by atoms with van der Waals surface area (Å²) in [5, 5.41) is 2.51. The lowest BCUT2D eigenvalue weighted by Crippen LogP contribution is -2.23. The monoisotopic (exact) mass is 411 g/mol. The molecule has 3 aromatic rings. The molecule has 2 heterocycles. The molecule has 1 fully saturated rings. The first-order valence-electron chi connectivity index (χ1n) is 9.06. The number of pyridine rings is 1. The molecule has 0 saturated heterocycles. The van der Waals surface area contributed by atoms with Crippen LogP contribution < -0.4 is 0 Å². The molecule has 0 unspecified atom stereocenters. The van der Waals surface area contributed by atoms with Crippen LogP contribution in [0.2, 0.25) is 5.02 Å². The van der Waals surface area contributed by atoms with Gasteiger partial charge in [0.15, 0.2) is 0 Å². The molecule has 4 rings (SSSR count). The minimum absolute atomic E-state index is 0.123. The predicted octanol–water partition coefficient (Wildman–Crippen LogP) is 4.48. The fraction of sp³-hybridized carbons (Fsp3) is 0.286. The number of hydrogen-bond donors (Lipinski definition) is 0. The second-order valence-corrected chi connectivity index (χ2v) is 8.67. The van der Waals surface area contributed by atoms with Gasteiger partial charge in [-0.3, -0.25) is 4.79 Å². The summed E-state index contributed by atoms with van der Waals surface area (Å²) >= 11 is 7.49. The highest BCUT2D eigenvalue weighted by molar-refractivity contribution is 7.99. The average molecular weight is 412 g/mol. The number of carbonyl (C=O) groups is 1. The molecular formula is C21H21ClN4OS. The highest BCUT2D eigenvalue weighted by Crippen LogP contribution is 2.48. The Kier molecular flexibility index (Phi) is 5.17. The molecule has 0 spiro atoms. The van der Waals surface area contributed by atoms with Gasteiger partial charge in [-0.15, -0.1) is 0 Å². The predicted molar refractivity (Wildman–Crippen MR) is 112 cm³/mol. The zero-order chi connectivity index (χ0) is 19.8. The van der Waals surface area contributed by atoms with Gasteiger partial charge >= 0.3 is 0 Å². The van der Waals surface area contributed by atoms with E-state index in [0.717, 1.165) is 27.7 Å². The van der Waals surface area contributed by atoms with Crippen LogP contribution in [-0.4, -0.2) is 39.4 Å². The minimum atomic E-state index is 0.123. The summed E-state index contributed by atoms with van der Waals surface area (Å²) in [6.07, 6.45) is 4.40. The Hall–Kier alpha value is -2.31. The molecule has 1 aromatic carbocycles. The van der Waals surface area contributed by atoms with Crippen LogP contribution in [0.4, 0.5) is 0 Å². The molecule has 1 saturated carbocycles. The third-order valence-electron chi connectivity index (χ3n) is 4.95. The maximum absolute atomic E-state index is 12.1. The lowest BCUT2D eigenvalue weighted by Gasteiger charge is -2.10. The van der Waals surface area contributed by atoms with E-state index in [0.29, 0.717) is 10.9 Å². The molecule has 7 heteroatoms. The first-order chi connectivity index (χ1) is 13.4. The summed E-state index contributed by atoms with van der Waals surface area (Å²) in [6, 6.07) is 12.2. The minimum Gasteiger partial charge on any atom is -0.349 e. The number of amides is 1. The van der Waals surface area contributed by atoms with E-state index in [1.54, 1.807) is 22.9 Å². The van der Waals surface area contributed by atoms with Crippen LogP contribution in [0.3, 0.4) is 0 Å². The van der Waals surface area contributed by atoms with Gasteiger partial charge in [-0.25, -0.2) is 9.97 Å². The zero-order valence-electron chi connectivity index (χ0n) is 16.0. The van der Waals surface area contributed by atoms with E-state index in [4.69, 9.17) is 11.6 Å². The quantitative estimate of drug-likeness (QED) is 0.621. The number of aryl methyl sites for hydroxylation is 1. The SMILES string of the molecule is CN(C)C(=O)[C@H]1C[C@@H]1c1ccc(-c2ncn([11CH3])c2Sc2ccc(Cl)cn2)cc1. The van der Waals surface area contributed by atoms with Gasteiger partial charge in [0.05, 0.1) is 11.3 Å². The maximum atomic E-state index is 12.1. The van der Waals surface area contributed by atoms with Crippen molar-refractivity contribution in [2.45, 2.75) is 22.4 Å². The molecule has 0 aliphatic heterocycles. The molecule has 28 heavy (non-hydrogen) atoms. The number of halogens is 1. The number of aromatic nitrogens is 3. The summed E-state index contributed by atoms with van der Waals surface area (Å²) in [5.41, 5.74) is 3.19. The Morgan fingerprint density at radius 2 is 1.93 bits per heavy atom. The largest absolute Gasteiger partial charge is 0.349 e. The van der Waals surface area contributed by atoms with E-state index >= 15 is 0 Å².